The highest BCUT2D eigenvalue weighted by Gasteiger charge is 2.26. The highest BCUT2D eigenvalue weighted by Crippen LogP contribution is 2.20. The SMILES string of the molecule is Cc1ccc(S(=O)(=O)NC(=O)N2CCC(COc3ccccc3)CC2)cc1. The van der Waals surface area contributed by atoms with E-state index in [1.165, 1.54) is 12.1 Å². The minimum atomic E-state index is -3.85. The van der Waals surface area contributed by atoms with Crippen LogP contribution in [0.5, 0.6) is 5.75 Å². The summed E-state index contributed by atoms with van der Waals surface area (Å²) in [7, 11) is -3.85. The topological polar surface area (TPSA) is 75.7 Å². The Kier molecular flexibility index (Phi) is 6.01. The van der Waals surface area contributed by atoms with Crippen LogP contribution in [-0.2, 0) is 10.0 Å². The van der Waals surface area contributed by atoms with Crippen molar-refractivity contribution in [2.24, 2.45) is 5.92 Å². The van der Waals surface area contributed by atoms with Crippen molar-refractivity contribution in [3.8, 4) is 5.75 Å². The monoisotopic (exact) mass is 388 g/mol. The summed E-state index contributed by atoms with van der Waals surface area (Å²) in [6, 6.07) is 15.5. The minimum absolute atomic E-state index is 0.0904. The molecule has 0 radical (unpaired) electrons. The van der Waals surface area contributed by atoms with Crippen LogP contribution in [-0.4, -0.2) is 39.0 Å². The molecule has 1 saturated heterocycles. The van der Waals surface area contributed by atoms with E-state index in [1.807, 2.05) is 37.3 Å². The minimum Gasteiger partial charge on any atom is -0.493 e. The molecule has 3 rings (SSSR count). The van der Waals surface area contributed by atoms with E-state index >= 15 is 0 Å². The smallest absolute Gasteiger partial charge is 0.331 e. The number of carbonyl (C=O) groups excluding carboxylic acids is 1. The van der Waals surface area contributed by atoms with Crippen molar-refractivity contribution >= 4 is 16.1 Å². The Morgan fingerprint density at radius 2 is 1.70 bits per heavy atom. The third-order valence-electron chi connectivity index (χ3n) is 4.68. The van der Waals surface area contributed by atoms with Gasteiger partial charge >= 0.3 is 6.03 Å². The Morgan fingerprint density at radius 1 is 1.07 bits per heavy atom. The fourth-order valence-corrected chi connectivity index (χ4v) is 3.96. The predicted molar refractivity (Wildman–Crippen MR) is 103 cm³/mol. The second-order valence-corrected chi connectivity index (χ2v) is 8.46. The molecule has 7 heteroatoms. The van der Waals surface area contributed by atoms with E-state index in [1.54, 1.807) is 17.0 Å². The molecule has 0 atom stereocenters. The number of amides is 2. The lowest BCUT2D eigenvalue weighted by atomic mass is 9.98. The number of hydrogen-bond donors (Lipinski definition) is 1. The fourth-order valence-electron chi connectivity index (χ4n) is 2.99. The van der Waals surface area contributed by atoms with Gasteiger partial charge in [0.15, 0.2) is 0 Å². The highest BCUT2D eigenvalue weighted by atomic mass is 32.2. The largest absolute Gasteiger partial charge is 0.493 e. The molecule has 0 aromatic heterocycles. The summed E-state index contributed by atoms with van der Waals surface area (Å²) < 4.78 is 32.6. The van der Waals surface area contributed by atoms with Crippen LogP contribution >= 0.6 is 0 Å². The first-order chi connectivity index (χ1) is 12.9. The Morgan fingerprint density at radius 3 is 2.33 bits per heavy atom. The van der Waals surface area contributed by atoms with Crippen molar-refractivity contribution in [2.45, 2.75) is 24.7 Å². The van der Waals surface area contributed by atoms with Crippen molar-refractivity contribution in [1.29, 1.82) is 0 Å². The fraction of sp³-hybridized carbons (Fsp3) is 0.350. The number of carbonyl (C=O) groups is 1. The van der Waals surface area contributed by atoms with Crippen LogP contribution in [0.1, 0.15) is 18.4 Å². The molecule has 144 valence electrons. The van der Waals surface area contributed by atoms with Gasteiger partial charge in [0.05, 0.1) is 11.5 Å². The Hall–Kier alpha value is -2.54. The molecule has 6 nitrogen and oxygen atoms in total. The summed E-state index contributed by atoms with van der Waals surface area (Å²) in [5.74, 6) is 1.19. The van der Waals surface area contributed by atoms with Gasteiger partial charge in [0.25, 0.3) is 10.0 Å². The van der Waals surface area contributed by atoms with Gasteiger partial charge in [0.1, 0.15) is 5.75 Å². The van der Waals surface area contributed by atoms with E-state index in [2.05, 4.69) is 4.72 Å². The third kappa shape index (κ3) is 5.23. The summed E-state index contributed by atoms with van der Waals surface area (Å²) in [6.45, 7) is 3.50. The highest BCUT2D eigenvalue weighted by molar-refractivity contribution is 7.90. The number of urea groups is 1. The lowest BCUT2D eigenvalue weighted by Gasteiger charge is -2.31. The Labute approximate surface area is 160 Å². The van der Waals surface area contributed by atoms with Gasteiger partial charge in [0, 0.05) is 13.1 Å². The van der Waals surface area contributed by atoms with E-state index in [9.17, 15) is 13.2 Å². The maximum absolute atomic E-state index is 12.3. The Bertz CT molecular complexity index is 859. The molecule has 0 spiro atoms. The van der Waals surface area contributed by atoms with E-state index in [-0.39, 0.29) is 4.90 Å². The molecule has 2 aromatic rings. The molecule has 1 heterocycles. The van der Waals surface area contributed by atoms with Gasteiger partial charge in [-0.25, -0.2) is 17.9 Å². The van der Waals surface area contributed by atoms with E-state index in [4.69, 9.17) is 4.74 Å². The standard InChI is InChI=1S/C20H24N2O4S/c1-16-7-9-19(10-8-16)27(24,25)21-20(23)22-13-11-17(12-14-22)15-26-18-5-3-2-4-6-18/h2-10,17H,11-15H2,1H3,(H,21,23). The number of aryl methyl sites for hydroxylation is 1. The first-order valence-electron chi connectivity index (χ1n) is 9.00. The number of ether oxygens (including phenoxy) is 1. The number of piperidine rings is 1. The van der Waals surface area contributed by atoms with Gasteiger partial charge in [0.2, 0.25) is 0 Å². The summed E-state index contributed by atoms with van der Waals surface area (Å²) in [6.07, 6.45) is 1.57. The van der Waals surface area contributed by atoms with Crippen LogP contribution in [0.25, 0.3) is 0 Å². The van der Waals surface area contributed by atoms with Crippen molar-refractivity contribution in [2.75, 3.05) is 19.7 Å². The van der Waals surface area contributed by atoms with Crippen LogP contribution < -0.4 is 9.46 Å². The summed E-state index contributed by atoms with van der Waals surface area (Å²) in [4.78, 5) is 14.0. The zero-order valence-corrected chi connectivity index (χ0v) is 16.1. The normalized spacial score (nSPS) is 15.4. The first kappa shape index (κ1) is 19.2. The van der Waals surface area contributed by atoms with E-state index in [0.717, 1.165) is 24.2 Å². The van der Waals surface area contributed by atoms with Crippen LogP contribution in [0.2, 0.25) is 0 Å². The van der Waals surface area contributed by atoms with Gasteiger partial charge in [-0.2, -0.15) is 0 Å². The van der Waals surface area contributed by atoms with Crippen molar-refractivity contribution in [3.63, 3.8) is 0 Å². The molecule has 0 bridgehead atoms. The van der Waals surface area contributed by atoms with E-state index in [0.29, 0.717) is 25.6 Å². The quantitative estimate of drug-likeness (QED) is 0.854. The number of likely N-dealkylation sites (tertiary alicyclic amines) is 1. The van der Waals surface area contributed by atoms with Gasteiger partial charge in [-0.15, -0.1) is 0 Å². The van der Waals surface area contributed by atoms with Gasteiger partial charge in [-0.1, -0.05) is 35.9 Å². The molecule has 0 saturated carbocycles. The molecular formula is C20H24N2O4S. The van der Waals surface area contributed by atoms with Crippen molar-refractivity contribution in [3.05, 3.63) is 60.2 Å². The molecule has 2 aromatic carbocycles. The average Bonchev–Trinajstić information content (AvgIpc) is 2.67. The van der Waals surface area contributed by atoms with Crippen LogP contribution in [0.4, 0.5) is 4.79 Å². The van der Waals surface area contributed by atoms with Gasteiger partial charge < -0.3 is 9.64 Å². The molecule has 1 aliphatic heterocycles. The average molecular weight is 388 g/mol. The molecule has 1 fully saturated rings. The maximum Gasteiger partial charge on any atom is 0.331 e. The zero-order chi connectivity index (χ0) is 19.3. The summed E-state index contributed by atoms with van der Waals surface area (Å²) in [5, 5.41) is 0. The number of nitrogens with zero attached hydrogens (tertiary/aromatic N) is 1. The molecule has 27 heavy (non-hydrogen) atoms. The number of nitrogens with one attached hydrogen (secondary N) is 1. The van der Waals surface area contributed by atoms with Crippen molar-refractivity contribution < 1.29 is 17.9 Å². The summed E-state index contributed by atoms with van der Waals surface area (Å²) in [5.41, 5.74) is 0.958. The van der Waals surface area contributed by atoms with Crippen molar-refractivity contribution in [1.82, 2.24) is 9.62 Å². The van der Waals surface area contributed by atoms with Gasteiger partial charge in [-0.05, 0) is 49.9 Å². The second-order valence-electron chi connectivity index (χ2n) is 6.78. The lowest BCUT2D eigenvalue weighted by Crippen LogP contribution is -2.46. The van der Waals surface area contributed by atoms with Crippen LogP contribution in [0, 0.1) is 12.8 Å². The summed E-state index contributed by atoms with van der Waals surface area (Å²) >= 11 is 0. The molecule has 2 amide bonds. The zero-order valence-electron chi connectivity index (χ0n) is 15.3. The predicted octanol–water partition coefficient (Wildman–Crippen LogP) is 3.18. The number of hydrogen-bond acceptors (Lipinski definition) is 4. The first-order valence-corrected chi connectivity index (χ1v) is 10.5. The Balaban J connectivity index is 1.49. The molecule has 0 aliphatic carbocycles. The lowest BCUT2D eigenvalue weighted by molar-refractivity contribution is 0.148. The number of benzene rings is 2. The molecule has 1 aliphatic rings. The van der Waals surface area contributed by atoms with Gasteiger partial charge in [-0.3, -0.25) is 0 Å². The molecule has 0 unspecified atom stereocenters. The number of rotatable bonds is 5. The number of para-hydroxylation sites is 1. The second kappa shape index (κ2) is 8.43. The van der Waals surface area contributed by atoms with E-state index < -0.39 is 16.1 Å². The molecular weight excluding hydrogens is 364 g/mol. The molecule has 1 N–H and O–H groups in total. The third-order valence-corrected chi connectivity index (χ3v) is 6.02. The number of sulfonamides is 1. The van der Waals surface area contributed by atoms with Crippen LogP contribution in [0.3, 0.4) is 0 Å². The van der Waals surface area contributed by atoms with Crippen LogP contribution in [0.15, 0.2) is 59.5 Å². The maximum atomic E-state index is 12.3.